The molecule has 112 valence electrons. The van der Waals surface area contributed by atoms with E-state index in [9.17, 15) is 0 Å². The zero-order valence-corrected chi connectivity index (χ0v) is 13.3. The standard InChI is InChI=1S/C17H34N2/c1-14(2)16-7-6-11-19(12-10-16)15(3)13-18-17-8-4-5-9-17/h14-18H,4-13H2,1-3H3. The largest absolute Gasteiger partial charge is 0.312 e. The maximum atomic E-state index is 3.79. The molecule has 0 aromatic rings. The molecule has 1 aliphatic carbocycles. The van der Waals surface area contributed by atoms with Gasteiger partial charge in [0.05, 0.1) is 0 Å². The lowest BCUT2D eigenvalue weighted by atomic mass is 9.89. The molecule has 19 heavy (non-hydrogen) atoms. The van der Waals surface area contributed by atoms with Gasteiger partial charge in [-0.2, -0.15) is 0 Å². The number of nitrogens with zero attached hydrogens (tertiary/aromatic N) is 1. The molecule has 0 radical (unpaired) electrons. The summed E-state index contributed by atoms with van der Waals surface area (Å²) < 4.78 is 0. The zero-order valence-electron chi connectivity index (χ0n) is 13.3. The number of rotatable bonds is 5. The van der Waals surface area contributed by atoms with Crippen molar-refractivity contribution in [3.63, 3.8) is 0 Å². The van der Waals surface area contributed by atoms with E-state index in [1.54, 1.807) is 0 Å². The molecule has 0 amide bonds. The Hall–Kier alpha value is -0.0800. The summed E-state index contributed by atoms with van der Waals surface area (Å²) in [6.07, 6.45) is 9.93. The Morgan fingerprint density at radius 3 is 2.37 bits per heavy atom. The molecular formula is C17H34N2. The van der Waals surface area contributed by atoms with E-state index in [2.05, 4.69) is 31.0 Å². The van der Waals surface area contributed by atoms with Gasteiger partial charge in [0.1, 0.15) is 0 Å². The molecule has 0 spiro atoms. The van der Waals surface area contributed by atoms with Crippen LogP contribution in [0.5, 0.6) is 0 Å². The third kappa shape index (κ3) is 4.75. The average molecular weight is 266 g/mol. The van der Waals surface area contributed by atoms with Crippen molar-refractivity contribution < 1.29 is 0 Å². The molecule has 1 saturated carbocycles. The van der Waals surface area contributed by atoms with Crippen LogP contribution in [0.3, 0.4) is 0 Å². The summed E-state index contributed by atoms with van der Waals surface area (Å²) in [5, 5.41) is 3.79. The first-order chi connectivity index (χ1) is 9.16. The lowest BCUT2D eigenvalue weighted by molar-refractivity contribution is 0.202. The van der Waals surface area contributed by atoms with Crippen molar-refractivity contribution in [2.75, 3.05) is 19.6 Å². The third-order valence-corrected chi connectivity index (χ3v) is 5.43. The Kier molecular flexibility index (Phi) is 6.15. The number of hydrogen-bond donors (Lipinski definition) is 1. The van der Waals surface area contributed by atoms with Gasteiger partial charge in [-0.05, 0) is 64.0 Å². The van der Waals surface area contributed by atoms with Crippen molar-refractivity contribution in [1.29, 1.82) is 0 Å². The Balaban J connectivity index is 1.71. The maximum Gasteiger partial charge on any atom is 0.0192 e. The van der Waals surface area contributed by atoms with Crippen LogP contribution in [0.25, 0.3) is 0 Å². The third-order valence-electron chi connectivity index (χ3n) is 5.43. The van der Waals surface area contributed by atoms with Crippen LogP contribution in [0, 0.1) is 11.8 Å². The van der Waals surface area contributed by atoms with Gasteiger partial charge in [-0.15, -0.1) is 0 Å². The summed E-state index contributed by atoms with van der Waals surface area (Å²) in [7, 11) is 0. The topological polar surface area (TPSA) is 15.3 Å². The highest BCUT2D eigenvalue weighted by molar-refractivity contribution is 4.80. The molecule has 1 N–H and O–H groups in total. The summed E-state index contributed by atoms with van der Waals surface area (Å²) in [6.45, 7) is 11.0. The molecule has 2 nitrogen and oxygen atoms in total. The fourth-order valence-corrected chi connectivity index (χ4v) is 3.85. The Morgan fingerprint density at radius 2 is 1.68 bits per heavy atom. The van der Waals surface area contributed by atoms with Crippen LogP contribution in [0.4, 0.5) is 0 Å². The van der Waals surface area contributed by atoms with E-state index in [-0.39, 0.29) is 0 Å². The second-order valence-electron chi connectivity index (χ2n) is 7.21. The minimum Gasteiger partial charge on any atom is -0.312 e. The predicted molar refractivity (Wildman–Crippen MR) is 83.5 cm³/mol. The Bertz CT molecular complexity index is 246. The monoisotopic (exact) mass is 266 g/mol. The average Bonchev–Trinajstić information content (AvgIpc) is 2.77. The minimum absolute atomic E-state index is 0.714. The van der Waals surface area contributed by atoms with Gasteiger partial charge in [0.25, 0.3) is 0 Å². The number of nitrogens with one attached hydrogen (secondary N) is 1. The van der Waals surface area contributed by atoms with Gasteiger partial charge in [0.2, 0.25) is 0 Å². The van der Waals surface area contributed by atoms with Crippen LogP contribution in [0.15, 0.2) is 0 Å². The van der Waals surface area contributed by atoms with Crippen LogP contribution in [-0.4, -0.2) is 36.6 Å². The lowest BCUT2D eigenvalue weighted by Crippen LogP contribution is -2.43. The van der Waals surface area contributed by atoms with Gasteiger partial charge in [-0.25, -0.2) is 0 Å². The molecule has 0 bridgehead atoms. The van der Waals surface area contributed by atoms with E-state index >= 15 is 0 Å². The van der Waals surface area contributed by atoms with Gasteiger partial charge < -0.3 is 5.32 Å². The van der Waals surface area contributed by atoms with Gasteiger partial charge in [-0.1, -0.05) is 26.7 Å². The fraction of sp³-hybridized carbons (Fsp3) is 1.00. The number of likely N-dealkylation sites (tertiary alicyclic amines) is 1. The summed E-state index contributed by atoms with van der Waals surface area (Å²) in [6, 6.07) is 1.53. The van der Waals surface area contributed by atoms with Gasteiger partial charge in [0, 0.05) is 18.6 Å². The van der Waals surface area contributed by atoms with Crippen molar-refractivity contribution >= 4 is 0 Å². The highest BCUT2D eigenvalue weighted by atomic mass is 15.2. The van der Waals surface area contributed by atoms with Crippen molar-refractivity contribution in [1.82, 2.24) is 10.2 Å². The molecule has 2 rings (SSSR count). The molecule has 2 aliphatic rings. The normalized spacial score (nSPS) is 28.7. The van der Waals surface area contributed by atoms with Crippen LogP contribution < -0.4 is 5.32 Å². The Labute approximate surface area is 120 Å². The first kappa shape index (κ1) is 15.3. The molecule has 0 aromatic heterocycles. The molecule has 1 saturated heterocycles. The van der Waals surface area contributed by atoms with Gasteiger partial charge in [-0.3, -0.25) is 4.90 Å². The van der Waals surface area contributed by atoms with E-state index in [1.807, 2.05) is 0 Å². The molecule has 1 aliphatic heterocycles. The van der Waals surface area contributed by atoms with E-state index in [1.165, 1.54) is 64.6 Å². The second-order valence-corrected chi connectivity index (χ2v) is 7.21. The van der Waals surface area contributed by atoms with E-state index in [4.69, 9.17) is 0 Å². The molecule has 1 heterocycles. The first-order valence-electron chi connectivity index (χ1n) is 8.64. The van der Waals surface area contributed by atoms with Crippen LogP contribution in [0.1, 0.15) is 65.7 Å². The smallest absolute Gasteiger partial charge is 0.0192 e. The minimum atomic E-state index is 0.714. The van der Waals surface area contributed by atoms with Crippen molar-refractivity contribution in [3.05, 3.63) is 0 Å². The Morgan fingerprint density at radius 1 is 0.947 bits per heavy atom. The lowest BCUT2D eigenvalue weighted by Gasteiger charge is -2.29. The van der Waals surface area contributed by atoms with E-state index in [0.29, 0.717) is 6.04 Å². The molecule has 2 fully saturated rings. The zero-order chi connectivity index (χ0) is 13.7. The highest BCUT2D eigenvalue weighted by Gasteiger charge is 2.23. The first-order valence-corrected chi connectivity index (χ1v) is 8.64. The van der Waals surface area contributed by atoms with E-state index < -0.39 is 0 Å². The summed E-state index contributed by atoms with van der Waals surface area (Å²) in [5.41, 5.74) is 0. The molecule has 0 aromatic carbocycles. The number of hydrogen-bond acceptors (Lipinski definition) is 2. The summed E-state index contributed by atoms with van der Waals surface area (Å²) >= 11 is 0. The second kappa shape index (κ2) is 7.64. The van der Waals surface area contributed by atoms with Gasteiger partial charge in [0.15, 0.2) is 0 Å². The fourth-order valence-electron chi connectivity index (χ4n) is 3.85. The van der Waals surface area contributed by atoms with Gasteiger partial charge >= 0.3 is 0 Å². The van der Waals surface area contributed by atoms with Crippen LogP contribution in [0.2, 0.25) is 0 Å². The maximum absolute atomic E-state index is 3.79. The van der Waals surface area contributed by atoms with Crippen LogP contribution >= 0.6 is 0 Å². The van der Waals surface area contributed by atoms with E-state index in [0.717, 1.165) is 17.9 Å². The van der Waals surface area contributed by atoms with Crippen molar-refractivity contribution in [2.45, 2.75) is 77.8 Å². The van der Waals surface area contributed by atoms with Crippen molar-refractivity contribution in [3.8, 4) is 0 Å². The SMILES string of the molecule is CC(C)C1CCCN(C(C)CNC2CCCC2)CC1. The summed E-state index contributed by atoms with van der Waals surface area (Å²) in [5.74, 6) is 1.83. The molecule has 2 unspecified atom stereocenters. The molecule has 2 atom stereocenters. The quantitative estimate of drug-likeness (QED) is 0.817. The van der Waals surface area contributed by atoms with Crippen molar-refractivity contribution in [2.24, 2.45) is 11.8 Å². The molecule has 2 heteroatoms. The highest BCUT2D eigenvalue weighted by Crippen LogP contribution is 2.25. The van der Waals surface area contributed by atoms with Crippen LogP contribution in [-0.2, 0) is 0 Å². The predicted octanol–water partition coefficient (Wildman–Crippen LogP) is 3.67. The summed E-state index contributed by atoms with van der Waals surface area (Å²) in [4.78, 5) is 2.73. The molecular weight excluding hydrogens is 232 g/mol.